The second-order valence-electron chi connectivity index (χ2n) is 3.76. The summed E-state index contributed by atoms with van der Waals surface area (Å²) in [5.41, 5.74) is -0.110. The van der Waals surface area contributed by atoms with E-state index in [0.717, 1.165) is 0 Å². The molecule has 0 bridgehead atoms. The SMILES string of the molecule is O=C(O)c1ncccc1NC(=O)c1c(Cl)cccc1Cl. The van der Waals surface area contributed by atoms with Gasteiger partial charge in [0.25, 0.3) is 5.91 Å². The average molecular weight is 311 g/mol. The van der Waals surface area contributed by atoms with Crippen LogP contribution in [0.5, 0.6) is 0 Å². The fourth-order valence-corrected chi connectivity index (χ4v) is 2.15. The number of pyridine rings is 1. The minimum absolute atomic E-state index is 0.0704. The Hall–Kier alpha value is -2.11. The highest BCUT2D eigenvalue weighted by Crippen LogP contribution is 2.25. The van der Waals surface area contributed by atoms with Crippen LogP contribution in [0.1, 0.15) is 20.8 Å². The van der Waals surface area contributed by atoms with Gasteiger partial charge in [0.05, 0.1) is 21.3 Å². The average Bonchev–Trinajstić information content (AvgIpc) is 2.38. The largest absolute Gasteiger partial charge is 0.476 e. The Morgan fingerprint density at radius 2 is 1.75 bits per heavy atom. The Labute approximate surface area is 124 Å². The molecule has 102 valence electrons. The highest BCUT2D eigenvalue weighted by atomic mass is 35.5. The number of nitrogens with zero attached hydrogens (tertiary/aromatic N) is 1. The van der Waals surface area contributed by atoms with Crippen molar-refractivity contribution in [2.24, 2.45) is 0 Å². The molecule has 1 aromatic heterocycles. The number of halogens is 2. The van der Waals surface area contributed by atoms with Crippen LogP contribution in [0, 0.1) is 0 Å². The third-order valence-electron chi connectivity index (χ3n) is 2.45. The first-order valence-corrected chi connectivity index (χ1v) is 6.20. The van der Waals surface area contributed by atoms with Crippen molar-refractivity contribution in [3.05, 3.63) is 57.8 Å². The van der Waals surface area contributed by atoms with E-state index in [9.17, 15) is 9.59 Å². The summed E-state index contributed by atoms with van der Waals surface area (Å²) in [6, 6.07) is 7.58. The zero-order valence-corrected chi connectivity index (χ0v) is 11.4. The van der Waals surface area contributed by atoms with Crippen molar-refractivity contribution in [1.82, 2.24) is 4.98 Å². The van der Waals surface area contributed by atoms with Crippen molar-refractivity contribution < 1.29 is 14.7 Å². The second kappa shape index (κ2) is 5.90. The predicted octanol–water partition coefficient (Wildman–Crippen LogP) is 3.34. The zero-order valence-electron chi connectivity index (χ0n) is 9.93. The Morgan fingerprint density at radius 1 is 1.10 bits per heavy atom. The van der Waals surface area contributed by atoms with Crippen molar-refractivity contribution in [2.75, 3.05) is 5.32 Å². The number of carbonyl (C=O) groups is 2. The smallest absolute Gasteiger partial charge is 0.356 e. The molecule has 2 N–H and O–H groups in total. The van der Waals surface area contributed by atoms with Gasteiger partial charge in [0.2, 0.25) is 0 Å². The van der Waals surface area contributed by atoms with Gasteiger partial charge < -0.3 is 10.4 Å². The summed E-state index contributed by atoms with van der Waals surface area (Å²) < 4.78 is 0. The van der Waals surface area contributed by atoms with E-state index >= 15 is 0 Å². The third kappa shape index (κ3) is 2.89. The Bertz CT molecular complexity index is 669. The summed E-state index contributed by atoms with van der Waals surface area (Å²) in [4.78, 5) is 26.8. The number of carboxylic acids is 1. The molecule has 5 nitrogen and oxygen atoms in total. The van der Waals surface area contributed by atoms with Crippen molar-refractivity contribution >= 4 is 40.8 Å². The molecule has 0 atom stereocenters. The standard InChI is InChI=1S/C13H8Cl2N2O3/c14-7-3-1-4-8(15)10(7)12(18)17-9-5-2-6-16-11(9)13(19)20/h1-6H,(H,17,18)(H,19,20). The van der Waals surface area contributed by atoms with Crippen LogP contribution >= 0.6 is 23.2 Å². The van der Waals surface area contributed by atoms with Gasteiger partial charge in [0.1, 0.15) is 0 Å². The minimum atomic E-state index is -1.24. The molecule has 0 saturated heterocycles. The molecule has 1 heterocycles. The molecule has 0 radical (unpaired) electrons. The number of rotatable bonds is 3. The van der Waals surface area contributed by atoms with Crippen molar-refractivity contribution in [2.45, 2.75) is 0 Å². The topological polar surface area (TPSA) is 79.3 Å². The Balaban J connectivity index is 2.36. The molecule has 0 aliphatic rings. The van der Waals surface area contributed by atoms with E-state index in [2.05, 4.69) is 10.3 Å². The van der Waals surface area contributed by atoms with Crippen LogP contribution < -0.4 is 5.32 Å². The van der Waals surface area contributed by atoms with E-state index in [4.69, 9.17) is 28.3 Å². The summed E-state index contributed by atoms with van der Waals surface area (Å²) in [5, 5.41) is 11.8. The number of carbonyl (C=O) groups excluding carboxylic acids is 1. The number of carboxylic acid groups (broad SMARTS) is 1. The fourth-order valence-electron chi connectivity index (χ4n) is 1.58. The summed E-state index contributed by atoms with van der Waals surface area (Å²) in [5.74, 6) is -1.85. The quantitative estimate of drug-likeness (QED) is 0.911. The molecule has 7 heteroatoms. The van der Waals surface area contributed by atoms with Gasteiger partial charge in [0.15, 0.2) is 5.69 Å². The van der Waals surface area contributed by atoms with Crippen LogP contribution in [-0.4, -0.2) is 22.0 Å². The predicted molar refractivity (Wildman–Crippen MR) is 75.6 cm³/mol. The molecule has 0 saturated carbocycles. The lowest BCUT2D eigenvalue weighted by Crippen LogP contribution is -2.16. The number of hydrogen-bond donors (Lipinski definition) is 2. The van der Waals surface area contributed by atoms with Gasteiger partial charge in [-0.1, -0.05) is 29.3 Å². The molecule has 1 aromatic carbocycles. The maximum Gasteiger partial charge on any atom is 0.356 e. The molecular weight excluding hydrogens is 303 g/mol. The number of benzene rings is 1. The van der Waals surface area contributed by atoms with Gasteiger partial charge >= 0.3 is 5.97 Å². The summed E-state index contributed by atoms with van der Waals surface area (Å²) in [7, 11) is 0. The van der Waals surface area contributed by atoms with E-state index in [1.54, 1.807) is 6.07 Å². The minimum Gasteiger partial charge on any atom is -0.476 e. The molecule has 0 aliphatic carbocycles. The molecule has 0 aliphatic heterocycles. The van der Waals surface area contributed by atoms with Crippen LogP contribution in [0.3, 0.4) is 0 Å². The van der Waals surface area contributed by atoms with E-state index < -0.39 is 11.9 Å². The lowest BCUT2D eigenvalue weighted by atomic mass is 10.2. The molecule has 1 amide bonds. The van der Waals surface area contributed by atoms with E-state index in [1.165, 1.54) is 30.5 Å². The van der Waals surface area contributed by atoms with Crippen molar-refractivity contribution in [3.63, 3.8) is 0 Å². The van der Waals surface area contributed by atoms with Crippen LogP contribution in [0.15, 0.2) is 36.5 Å². The van der Waals surface area contributed by atoms with Crippen LogP contribution in [0.4, 0.5) is 5.69 Å². The van der Waals surface area contributed by atoms with Gasteiger partial charge in [-0.2, -0.15) is 0 Å². The number of nitrogens with one attached hydrogen (secondary N) is 1. The van der Waals surface area contributed by atoms with E-state index in [-0.39, 0.29) is 27.0 Å². The highest BCUT2D eigenvalue weighted by molar-refractivity contribution is 6.40. The number of aromatic carboxylic acids is 1. The van der Waals surface area contributed by atoms with Gasteiger partial charge in [-0.05, 0) is 24.3 Å². The molecule has 2 rings (SSSR count). The molecule has 0 spiro atoms. The molecule has 2 aromatic rings. The number of hydrogen-bond acceptors (Lipinski definition) is 3. The fraction of sp³-hybridized carbons (Fsp3) is 0. The molecule has 0 unspecified atom stereocenters. The monoisotopic (exact) mass is 310 g/mol. The first kappa shape index (κ1) is 14.3. The number of aromatic nitrogens is 1. The molecular formula is C13H8Cl2N2O3. The normalized spacial score (nSPS) is 10.1. The highest BCUT2D eigenvalue weighted by Gasteiger charge is 2.18. The lowest BCUT2D eigenvalue weighted by molar-refractivity contribution is 0.0692. The van der Waals surface area contributed by atoms with E-state index in [0.29, 0.717) is 0 Å². The van der Waals surface area contributed by atoms with E-state index in [1.807, 2.05) is 0 Å². The van der Waals surface area contributed by atoms with Crippen LogP contribution in [-0.2, 0) is 0 Å². The first-order chi connectivity index (χ1) is 9.50. The van der Waals surface area contributed by atoms with Crippen LogP contribution in [0.2, 0.25) is 10.0 Å². The maximum absolute atomic E-state index is 12.1. The Morgan fingerprint density at radius 3 is 2.35 bits per heavy atom. The second-order valence-corrected chi connectivity index (χ2v) is 4.57. The Kier molecular flexibility index (Phi) is 4.22. The lowest BCUT2D eigenvalue weighted by Gasteiger charge is -2.09. The van der Waals surface area contributed by atoms with Crippen LogP contribution in [0.25, 0.3) is 0 Å². The summed E-state index contributed by atoms with van der Waals surface area (Å²) >= 11 is 11.8. The van der Waals surface area contributed by atoms with Crippen molar-refractivity contribution in [1.29, 1.82) is 0 Å². The number of amides is 1. The maximum atomic E-state index is 12.1. The summed E-state index contributed by atoms with van der Waals surface area (Å²) in [6.07, 6.45) is 1.32. The summed E-state index contributed by atoms with van der Waals surface area (Å²) in [6.45, 7) is 0. The molecule has 0 fully saturated rings. The third-order valence-corrected chi connectivity index (χ3v) is 3.08. The van der Waals surface area contributed by atoms with Crippen molar-refractivity contribution in [3.8, 4) is 0 Å². The zero-order chi connectivity index (χ0) is 14.7. The van der Waals surface area contributed by atoms with Gasteiger partial charge in [-0.3, -0.25) is 4.79 Å². The van der Waals surface area contributed by atoms with Gasteiger partial charge in [-0.15, -0.1) is 0 Å². The molecule has 20 heavy (non-hydrogen) atoms. The number of anilines is 1. The van der Waals surface area contributed by atoms with Gasteiger partial charge in [0, 0.05) is 6.20 Å². The first-order valence-electron chi connectivity index (χ1n) is 5.44. The van der Waals surface area contributed by atoms with Gasteiger partial charge in [-0.25, -0.2) is 9.78 Å².